The molecule has 6 fully saturated rings. The number of aryl methyl sites for hydroxylation is 1. The minimum Gasteiger partial charge on any atom is -0.465 e. The van der Waals surface area contributed by atoms with Gasteiger partial charge in [-0.05, 0) is 180 Å². The molecule has 0 bridgehead atoms. The van der Waals surface area contributed by atoms with Gasteiger partial charge in [0.05, 0.1) is 66.9 Å². The maximum absolute atomic E-state index is 14.5. The lowest BCUT2D eigenvalue weighted by Crippen LogP contribution is -2.46. The van der Waals surface area contributed by atoms with Crippen molar-refractivity contribution in [2.24, 2.45) is 34.5 Å². The van der Waals surface area contributed by atoms with Crippen LogP contribution in [0.5, 0.6) is 10.4 Å². The van der Waals surface area contributed by atoms with Gasteiger partial charge in [-0.1, -0.05) is 115 Å². The van der Waals surface area contributed by atoms with Gasteiger partial charge in [-0.2, -0.15) is 0 Å². The Labute approximate surface area is 582 Å². The van der Waals surface area contributed by atoms with Crippen molar-refractivity contribution in [2.45, 2.75) is 183 Å². The summed E-state index contributed by atoms with van der Waals surface area (Å²) in [6.45, 7) is 2.32. The third-order valence-corrected chi connectivity index (χ3v) is 26.5. The van der Waals surface area contributed by atoms with Crippen LogP contribution in [0, 0.1) is 53.1 Å². The van der Waals surface area contributed by atoms with E-state index in [9.17, 15) is 54.4 Å². The number of sulfonamides is 2. The molecule has 4 saturated carbocycles. The molecule has 18 nitrogen and oxygen atoms in total. The van der Waals surface area contributed by atoms with Crippen molar-refractivity contribution in [1.29, 1.82) is 0 Å². The van der Waals surface area contributed by atoms with Crippen molar-refractivity contribution in [3.8, 4) is 10.4 Å². The summed E-state index contributed by atoms with van der Waals surface area (Å²) in [5.74, 6) is -4.51. The molecule has 4 amide bonds. The highest BCUT2D eigenvalue weighted by molar-refractivity contribution is 7.91. The molecule has 10 atom stereocenters. The van der Waals surface area contributed by atoms with Crippen LogP contribution in [-0.4, -0.2) is 120 Å². The van der Waals surface area contributed by atoms with Crippen molar-refractivity contribution in [3.05, 3.63) is 143 Å². The summed E-state index contributed by atoms with van der Waals surface area (Å²) in [5, 5.41) is 0.285. The van der Waals surface area contributed by atoms with E-state index in [1.165, 1.54) is 46.9 Å². The zero-order chi connectivity index (χ0) is 68.7. The van der Waals surface area contributed by atoms with E-state index in [0.717, 1.165) is 77.4 Å². The predicted octanol–water partition coefficient (Wildman–Crippen LogP) is 12.4. The Hall–Kier alpha value is -6.99. The lowest BCUT2D eigenvalue weighted by molar-refractivity contribution is -0.142. The van der Waals surface area contributed by atoms with Crippen LogP contribution in [0.3, 0.4) is 0 Å². The maximum Gasteiger partial charge on any atom is 0.274 e. The number of ether oxygens (including phenoxy) is 2. The second-order valence-electron chi connectivity index (χ2n) is 28.3. The highest BCUT2D eigenvalue weighted by atomic mass is 35.5. The fraction of sp³-hybridized carbons (Fsp3) is 0.507. The Morgan fingerprint density at radius 2 is 1.04 bits per heavy atom. The average Bonchev–Trinajstić information content (AvgIpc) is 1.58. The van der Waals surface area contributed by atoms with Gasteiger partial charge in [0, 0.05) is 42.5 Å². The number of hydrogen-bond donors (Lipinski definition) is 2. The van der Waals surface area contributed by atoms with Crippen LogP contribution >= 0.6 is 34.3 Å². The van der Waals surface area contributed by atoms with E-state index < -0.39 is 89.3 Å². The van der Waals surface area contributed by atoms with E-state index in [4.69, 9.17) is 21.1 Å². The Morgan fingerprint density at radius 1 is 0.592 bits per heavy atom. The third-order valence-electron chi connectivity index (χ3n) is 20.8. The molecular formula is C73H81ClF2N6O12S4. The van der Waals surface area contributed by atoms with Crippen LogP contribution in [0.4, 0.5) is 8.78 Å². The molecule has 2 N–H and O–H groups in total. The molecule has 0 unspecified atom stereocenters. The van der Waals surface area contributed by atoms with Crippen LogP contribution < -0.4 is 18.9 Å². The summed E-state index contributed by atoms with van der Waals surface area (Å²) in [7, 11) is -7.62. The quantitative estimate of drug-likeness (QED) is 0.0964. The first-order chi connectivity index (χ1) is 47.0. The van der Waals surface area contributed by atoms with Gasteiger partial charge < -0.3 is 19.3 Å². The van der Waals surface area contributed by atoms with Crippen LogP contribution in [0.25, 0.3) is 20.4 Å². The lowest BCUT2D eigenvalue weighted by Gasteiger charge is -2.29. The van der Waals surface area contributed by atoms with Crippen molar-refractivity contribution < 1.29 is 63.9 Å². The average molecular weight is 1440 g/mol. The minimum atomic E-state index is -3.81. The van der Waals surface area contributed by atoms with Gasteiger partial charge in [0.15, 0.2) is 11.6 Å². The third kappa shape index (κ3) is 16.1. The number of nitrogens with zero attached hydrogens (tertiary/aromatic N) is 4. The highest BCUT2D eigenvalue weighted by Gasteiger charge is 2.63. The van der Waals surface area contributed by atoms with Crippen molar-refractivity contribution in [1.82, 2.24) is 29.2 Å². The molecule has 4 aromatic carbocycles. The van der Waals surface area contributed by atoms with Gasteiger partial charge in [-0.3, -0.25) is 38.2 Å². The number of hydrogen-bond acceptors (Lipinski definition) is 16. The summed E-state index contributed by atoms with van der Waals surface area (Å²) in [6, 6.07) is 22.1. The number of benzene rings is 4. The largest absolute Gasteiger partial charge is 0.465 e. The molecule has 520 valence electrons. The van der Waals surface area contributed by atoms with Gasteiger partial charge in [-0.15, -0.1) is 0 Å². The molecular weight excluding hydrogens is 1350 g/mol. The van der Waals surface area contributed by atoms with Gasteiger partial charge in [-0.25, -0.2) is 35.6 Å². The fourth-order valence-corrected chi connectivity index (χ4v) is 19.7. The maximum atomic E-state index is 14.5. The number of aromatic nitrogens is 2. The monoisotopic (exact) mass is 1430 g/mol. The predicted molar refractivity (Wildman–Crippen MR) is 370 cm³/mol. The number of carbonyl (C=O) groups is 6. The summed E-state index contributed by atoms with van der Waals surface area (Å²) in [5.41, 5.74) is 1.67. The number of allylic oxidation sites excluding steroid dienone is 4. The number of nitrogens with one attached hydrogen (secondary N) is 2. The lowest BCUT2D eigenvalue weighted by atomic mass is 9.90. The molecule has 8 aliphatic rings. The number of Topliss-reactive ketones (excluding diaryl/α,β-unsaturated/α-hetero) is 2. The number of ketones is 2. The number of halogens is 3. The standard InChI is InChI=1S/C37H42FN3O6S2.C36H39ClFN3O6S2/c1-23-12-15-30-33(16-23)48-36(39-30)47-28-19-31-32(42)21-37(35(44)40-49(45,46)29-13-14-29)20-26(37)10-6-4-2-3-5-9-25(34(43)41(31)22-28)17-24-8-7-11-27(38)18-24;37-25-11-14-29-32(17-25)48-35(39-29)47-27-18-30-31(42)20-36(34(44)40-49(45,46)28-12-13-28)19-24(36)9-5-3-1-2-4-8-23(33(43)41(30)21-27)15-22-7-6-10-26(38)16-22/h6-8,10-12,15-16,18,25-26,28-29,31H,2-5,9,13-14,17,19-22H2,1H3,(H,40,44);5-7,9-11,14,16-17,23-24,27-28,30H,1-4,8,12-13,15,18-21H2,(H,40,44)/b10-6-;9-5-/t25-,26-,28-,31+,37-;23-,24-,27-,30+,36-/m11/s1. The number of carbonyl (C=O) groups excluding carboxylic acids is 6. The molecule has 4 aliphatic heterocycles. The van der Waals surface area contributed by atoms with Gasteiger partial charge in [0.2, 0.25) is 43.7 Å². The topological polar surface area (TPSA) is 245 Å². The van der Waals surface area contributed by atoms with Crippen molar-refractivity contribution >= 4 is 110 Å². The summed E-state index contributed by atoms with van der Waals surface area (Å²) >= 11 is 8.92. The normalized spacial score (nSPS) is 28.7. The molecule has 98 heavy (non-hydrogen) atoms. The minimum absolute atomic E-state index is 0.143. The number of amides is 4. The van der Waals surface area contributed by atoms with E-state index in [-0.39, 0.29) is 85.6 Å². The Kier molecular flexibility index (Phi) is 20.5. The van der Waals surface area contributed by atoms with Crippen LogP contribution in [0.15, 0.2) is 109 Å². The first-order valence-corrected chi connectivity index (χ1v) is 39.5. The van der Waals surface area contributed by atoms with Crippen LogP contribution in [0.1, 0.15) is 145 Å². The van der Waals surface area contributed by atoms with E-state index in [1.54, 1.807) is 46.2 Å². The number of thiazole rings is 2. The van der Waals surface area contributed by atoms with Crippen molar-refractivity contribution in [3.63, 3.8) is 0 Å². The molecule has 2 aromatic heterocycles. The molecule has 6 aromatic rings. The zero-order valence-electron chi connectivity index (χ0n) is 54.6. The molecule has 2 saturated heterocycles. The number of fused-ring (bicyclic) bond motifs is 6. The molecule has 6 heterocycles. The van der Waals surface area contributed by atoms with E-state index in [2.05, 4.69) is 19.4 Å². The first kappa shape index (κ1) is 69.5. The highest BCUT2D eigenvalue weighted by Crippen LogP contribution is 2.59. The van der Waals surface area contributed by atoms with Crippen LogP contribution in [-0.2, 0) is 61.7 Å². The molecule has 0 spiro atoms. The van der Waals surface area contributed by atoms with Crippen LogP contribution in [0.2, 0.25) is 5.02 Å². The second-order valence-corrected chi connectivity index (χ2v) is 34.6. The zero-order valence-corrected chi connectivity index (χ0v) is 58.6. The fourth-order valence-electron chi connectivity index (χ4n) is 14.8. The SMILES string of the molecule is Cc1ccc2nc(O[C@@H]3C[C@H]4C(=O)C[C@]5(C(=O)NS(=O)(=O)C6CC6)C[C@H]5/C=C\CCCCC[C@H](Cc5cccc(F)c5)C(=O)N4C3)sc2c1.O=C1C[C@]2(C(=O)NS(=O)(=O)C3CC3)C[C@H]2/C=C\CCCCC[C@H](Cc2cccc(F)c2)C(=O)N2C[C@H](Oc3nc4ccc(Cl)cc4s3)C[C@@H]12. The summed E-state index contributed by atoms with van der Waals surface area (Å²) in [6.07, 6.45) is 18.3. The molecule has 25 heteroatoms. The number of rotatable bonds is 14. The van der Waals surface area contributed by atoms with Gasteiger partial charge in [0.25, 0.3) is 10.4 Å². The van der Waals surface area contributed by atoms with E-state index in [1.807, 2.05) is 55.5 Å². The van der Waals surface area contributed by atoms with E-state index in [0.29, 0.717) is 90.7 Å². The van der Waals surface area contributed by atoms with Crippen molar-refractivity contribution in [2.75, 3.05) is 13.1 Å². The first-order valence-electron chi connectivity index (χ1n) is 34.4. The molecule has 14 rings (SSSR count). The Morgan fingerprint density at radius 3 is 1.49 bits per heavy atom. The van der Waals surface area contributed by atoms with Gasteiger partial charge in [0.1, 0.15) is 23.8 Å². The Bertz CT molecular complexity index is 4090. The summed E-state index contributed by atoms with van der Waals surface area (Å²) in [4.78, 5) is 97.4. The Balaban J connectivity index is 0.000000176. The molecule has 4 aliphatic carbocycles. The summed E-state index contributed by atoms with van der Waals surface area (Å²) < 4.78 is 98.6. The van der Waals surface area contributed by atoms with Gasteiger partial charge >= 0.3 is 0 Å². The second kappa shape index (κ2) is 28.9. The smallest absolute Gasteiger partial charge is 0.274 e. The molecule has 0 radical (unpaired) electrons. The van der Waals surface area contributed by atoms with E-state index >= 15 is 0 Å².